The minimum atomic E-state index is -0.686. The number of hydrogen-bond donors (Lipinski definition) is 2. The first-order chi connectivity index (χ1) is 10.5. The number of nitrogens with zero attached hydrogens (tertiary/aromatic N) is 2. The molecule has 0 aliphatic rings. The van der Waals surface area contributed by atoms with Gasteiger partial charge in [-0.2, -0.15) is 5.10 Å². The monoisotopic (exact) mass is 299 g/mol. The van der Waals surface area contributed by atoms with Gasteiger partial charge in [0.2, 0.25) is 5.75 Å². The van der Waals surface area contributed by atoms with Gasteiger partial charge in [-0.15, -0.1) is 0 Å². The van der Waals surface area contributed by atoms with E-state index in [1.807, 2.05) is 0 Å². The number of benzene rings is 2. The quantitative estimate of drug-likeness (QED) is 0.514. The maximum absolute atomic E-state index is 11.9. The molecule has 0 saturated carbocycles. The molecule has 0 radical (unpaired) electrons. The first-order valence-electron chi connectivity index (χ1n) is 6.37. The highest BCUT2D eigenvalue weighted by atomic mass is 16.6. The van der Waals surface area contributed by atoms with Gasteiger partial charge in [0.25, 0.3) is 5.91 Å². The van der Waals surface area contributed by atoms with Gasteiger partial charge >= 0.3 is 5.69 Å². The van der Waals surface area contributed by atoms with Crippen molar-refractivity contribution in [1.29, 1.82) is 0 Å². The van der Waals surface area contributed by atoms with E-state index in [-0.39, 0.29) is 11.3 Å². The van der Waals surface area contributed by atoms with Crippen molar-refractivity contribution >= 4 is 17.3 Å². The molecule has 7 heteroatoms. The second-order valence-corrected chi connectivity index (χ2v) is 4.43. The Morgan fingerprint density at radius 1 is 1.18 bits per heavy atom. The summed E-state index contributed by atoms with van der Waals surface area (Å²) in [6.45, 7) is 1.53. The van der Waals surface area contributed by atoms with Crippen LogP contribution in [-0.4, -0.2) is 21.6 Å². The number of rotatable bonds is 4. The van der Waals surface area contributed by atoms with Crippen LogP contribution in [0.2, 0.25) is 0 Å². The van der Waals surface area contributed by atoms with E-state index < -0.39 is 22.3 Å². The van der Waals surface area contributed by atoms with Crippen molar-refractivity contribution in [3.63, 3.8) is 0 Å². The Morgan fingerprint density at radius 2 is 1.86 bits per heavy atom. The summed E-state index contributed by atoms with van der Waals surface area (Å²) in [5, 5.41) is 24.5. The van der Waals surface area contributed by atoms with Gasteiger partial charge in [0.15, 0.2) is 0 Å². The third-order valence-electron chi connectivity index (χ3n) is 2.96. The van der Waals surface area contributed by atoms with Crippen molar-refractivity contribution in [2.45, 2.75) is 6.92 Å². The molecule has 7 nitrogen and oxygen atoms in total. The molecule has 2 N–H and O–H groups in total. The fourth-order valence-electron chi connectivity index (χ4n) is 1.82. The predicted octanol–water partition coefficient (Wildman–Crippen LogP) is 2.45. The predicted molar refractivity (Wildman–Crippen MR) is 80.9 cm³/mol. The molecule has 0 atom stereocenters. The van der Waals surface area contributed by atoms with Gasteiger partial charge in [0.1, 0.15) is 0 Å². The van der Waals surface area contributed by atoms with E-state index in [0.29, 0.717) is 5.56 Å². The number of hydrazone groups is 1. The van der Waals surface area contributed by atoms with E-state index in [0.717, 1.165) is 0 Å². The van der Waals surface area contributed by atoms with Crippen molar-refractivity contribution < 1.29 is 14.8 Å². The molecule has 0 fully saturated rings. The van der Waals surface area contributed by atoms with E-state index in [9.17, 15) is 20.0 Å². The number of phenolic OH excluding ortho intramolecular Hbond substituents is 1. The highest BCUT2D eigenvalue weighted by Gasteiger charge is 2.18. The van der Waals surface area contributed by atoms with Crippen LogP contribution < -0.4 is 5.43 Å². The zero-order valence-corrected chi connectivity index (χ0v) is 11.7. The highest BCUT2D eigenvalue weighted by Crippen LogP contribution is 2.29. The van der Waals surface area contributed by atoms with Crippen LogP contribution in [0.1, 0.15) is 22.8 Å². The molecule has 2 aromatic carbocycles. The second-order valence-electron chi connectivity index (χ2n) is 4.43. The fraction of sp³-hybridized carbons (Fsp3) is 0.0667. The zero-order chi connectivity index (χ0) is 16.1. The van der Waals surface area contributed by atoms with Crippen molar-refractivity contribution in [2.24, 2.45) is 5.10 Å². The molecule has 0 spiro atoms. The molecule has 0 unspecified atom stereocenters. The lowest BCUT2D eigenvalue weighted by atomic mass is 10.1. The van der Waals surface area contributed by atoms with E-state index >= 15 is 0 Å². The Hall–Kier alpha value is -3.22. The topological polar surface area (TPSA) is 105 Å². The van der Waals surface area contributed by atoms with Crippen LogP contribution in [0.25, 0.3) is 0 Å². The summed E-state index contributed by atoms with van der Waals surface area (Å²) in [5.41, 5.74) is 2.80. The summed E-state index contributed by atoms with van der Waals surface area (Å²) < 4.78 is 0. The van der Waals surface area contributed by atoms with Crippen LogP contribution in [0.5, 0.6) is 5.75 Å². The summed E-state index contributed by atoms with van der Waals surface area (Å²) in [5.74, 6) is -0.896. The van der Waals surface area contributed by atoms with Crippen molar-refractivity contribution in [2.75, 3.05) is 0 Å². The van der Waals surface area contributed by atoms with Crippen LogP contribution in [0.15, 0.2) is 53.6 Å². The normalized spacial score (nSPS) is 11.0. The number of nitro benzene ring substituents is 1. The Kier molecular flexibility index (Phi) is 4.47. The minimum Gasteiger partial charge on any atom is -0.502 e. The minimum absolute atomic E-state index is 0.183. The molecule has 112 valence electrons. The fourth-order valence-corrected chi connectivity index (χ4v) is 1.82. The standard InChI is InChI=1S/C15H13N3O4/c1-10(12-8-5-9-13(14(12)19)18(21)22)16-17-15(20)11-6-3-2-4-7-11/h2-9,19H,1H3,(H,17,20). The van der Waals surface area contributed by atoms with E-state index in [1.54, 1.807) is 30.3 Å². The molecule has 22 heavy (non-hydrogen) atoms. The summed E-state index contributed by atoms with van der Waals surface area (Å²) in [4.78, 5) is 21.9. The van der Waals surface area contributed by atoms with Crippen molar-refractivity contribution in [1.82, 2.24) is 5.43 Å². The number of hydrogen-bond acceptors (Lipinski definition) is 5. The Bertz CT molecular complexity index is 742. The lowest BCUT2D eigenvalue weighted by molar-refractivity contribution is -0.385. The van der Waals surface area contributed by atoms with Gasteiger partial charge < -0.3 is 5.11 Å². The molecule has 0 aliphatic heterocycles. The van der Waals surface area contributed by atoms with Crippen LogP contribution in [0, 0.1) is 10.1 Å². The van der Waals surface area contributed by atoms with Gasteiger partial charge in [-0.3, -0.25) is 14.9 Å². The lowest BCUT2D eigenvalue weighted by Crippen LogP contribution is -2.19. The lowest BCUT2D eigenvalue weighted by Gasteiger charge is -2.05. The molecule has 2 rings (SSSR count). The largest absolute Gasteiger partial charge is 0.502 e. The van der Waals surface area contributed by atoms with Crippen LogP contribution >= 0.6 is 0 Å². The average molecular weight is 299 g/mol. The van der Waals surface area contributed by atoms with Gasteiger partial charge in [-0.25, -0.2) is 5.43 Å². The Labute approximate surface area is 126 Å². The van der Waals surface area contributed by atoms with Crippen molar-refractivity contribution in [3.8, 4) is 5.75 Å². The molecular formula is C15H13N3O4. The van der Waals surface area contributed by atoms with Crippen LogP contribution in [0.3, 0.4) is 0 Å². The van der Waals surface area contributed by atoms with Crippen molar-refractivity contribution in [3.05, 3.63) is 69.8 Å². The number of phenols is 1. The number of carbonyl (C=O) groups excluding carboxylic acids is 1. The zero-order valence-electron chi connectivity index (χ0n) is 11.7. The van der Waals surface area contributed by atoms with Crippen LogP contribution in [-0.2, 0) is 0 Å². The van der Waals surface area contributed by atoms with Gasteiger partial charge in [-0.05, 0) is 25.1 Å². The molecule has 0 aliphatic carbocycles. The molecule has 1 amide bonds. The number of aromatic hydroxyl groups is 1. The summed E-state index contributed by atoms with van der Waals surface area (Å²) in [6, 6.07) is 12.6. The number of para-hydroxylation sites is 1. The number of nitro groups is 1. The van der Waals surface area contributed by atoms with Gasteiger partial charge in [-0.1, -0.05) is 24.3 Å². The molecule has 0 aromatic heterocycles. The van der Waals surface area contributed by atoms with Gasteiger partial charge in [0, 0.05) is 17.2 Å². The highest BCUT2D eigenvalue weighted by molar-refractivity contribution is 6.03. The average Bonchev–Trinajstić information content (AvgIpc) is 2.53. The Balaban J connectivity index is 2.21. The summed E-state index contributed by atoms with van der Waals surface area (Å²) in [6.07, 6.45) is 0. The van der Waals surface area contributed by atoms with Gasteiger partial charge in [0.05, 0.1) is 10.6 Å². The first kappa shape index (κ1) is 15.2. The third-order valence-corrected chi connectivity index (χ3v) is 2.96. The number of nitrogens with one attached hydrogen (secondary N) is 1. The molecule has 0 saturated heterocycles. The molecule has 0 bridgehead atoms. The van der Waals surface area contributed by atoms with Crippen LogP contribution in [0.4, 0.5) is 5.69 Å². The third kappa shape index (κ3) is 3.26. The van der Waals surface area contributed by atoms with E-state index in [2.05, 4.69) is 10.5 Å². The summed E-state index contributed by atoms with van der Waals surface area (Å²) >= 11 is 0. The second kappa shape index (κ2) is 6.49. The Morgan fingerprint density at radius 3 is 2.50 bits per heavy atom. The smallest absolute Gasteiger partial charge is 0.311 e. The molecular weight excluding hydrogens is 286 g/mol. The maximum Gasteiger partial charge on any atom is 0.311 e. The maximum atomic E-state index is 11.9. The number of amides is 1. The molecule has 0 heterocycles. The SMILES string of the molecule is CC(=NNC(=O)c1ccccc1)c1cccc([N+](=O)[O-])c1O. The van der Waals surface area contributed by atoms with E-state index in [4.69, 9.17) is 0 Å². The number of carbonyl (C=O) groups is 1. The molecule has 2 aromatic rings. The van der Waals surface area contributed by atoms with E-state index in [1.165, 1.54) is 25.1 Å². The summed E-state index contributed by atoms with van der Waals surface area (Å²) in [7, 11) is 0. The first-order valence-corrected chi connectivity index (χ1v) is 6.37.